The first kappa shape index (κ1) is 37.2. The summed E-state index contributed by atoms with van der Waals surface area (Å²) in [4.78, 5) is 28.0. The summed E-state index contributed by atoms with van der Waals surface area (Å²) in [6.07, 6.45) is 0. The molecule has 1 aliphatic rings. The number of fused-ring (bicyclic) bond motifs is 3. The molecule has 286 valence electrons. The lowest BCUT2D eigenvalue weighted by atomic mass is 9.68. The Balaban J connectivity index is 1.09. The molecule has 0 amide bonds. The van der Waals surface area contributed by atoms with Gasteiger partial charge in [-0.3, -0.25) is 0 Å². The highest BCUT2D eigenvalue weighted by molar-refractivity contribution is 5.89. The van der Waals surface area contributed by atoms with Crippen LogP contribution < -0.4 is 9.47 Å². The first-order valence-electron chi connectivity index (χ1n) is 19.4. The average molecular weight is 771 g/mol. The van der Waals surface area contributed by atoms with Gasteiger partial charge in [0, 0.05) is 0 Å². The molecule has 6 nitrogen and oxygen atoms in total. The van der Waals surface area contributed by atoms with E-state index in [4.69, 9.17) is 9.47 Å². The minimum absolute atomic E-state index is 0.269. The van der Waals surface area contributed by atoms with Crippen LogP contribution >= 0.6 is 0 Å². The van der Waals surface area contributed by atoms with Crippen molar-refractivity contribution in [3.8, 4) is 22.6 Å². The Morgan fingerprint density at radius 1 is 0.356 bits per heavy atom. The number of ether oxygens (including phenoxy) is 2. The SMILES string of the molecule is O=C(Oc1ccc(C2(c3ccc(OC(=O)C(O)(c4ccccc4)c4ccccc4)cc3)c3ccccc3-c3ccccc32)cc1)C(O)(c1ccccc1)c1ccccc1. The Bertz CT molecular complexity index is 2480. The van der Waals surface area contributed by atoms with Crippen LogP contribution in [0.2, 0.25) is 0 Å². The lowest BCUT2D eigenvalue weighted by molar-refractivity contribution is -0.152. The summed E-state index contributed by atoms with van der Waals surface area (Å²) in [7, 11) is 0. The van der Waals surface area contributed by atoms with E-state index in [1.807, 2.05) is 72.8 Å². The van der Waals surface area contributed by atoms with Crippen molar-refractivity contribution >= 4 is 11.9 Å². The van der Waals surface area contributed by atoms with Crippen LogP contribution in [0.1, 0.15) is 44.5 Å². The fourth-order valence-electron chi connectivity index (χ4n) is 8.45. The van der Waals surface area contributed by atoms with Gasteiger partial charge >= 0.3 is 11.9 Å². The highest BCUT2D eigenvalue weighted by atomic mass is 16.6. The zero-order chi connectivity index (χ0) is 40.5. The van der Waals surface area contributed by atoms with Crippen molar-refractivity contribution in [1.82, 2.24) is 0 Å². The molecule has 0 atom stereocenters. The number of aliphatic hydroxyl groups is 2. The largest absolute Gasteiger partial charge is 0.424 e. The number of carbonyl (C=O) groups excluding carboxylic acids is 2. The maximum Gasteiger partial charge on any atom is 0.353 e. The van der Waals surface area contributed by atoms with Gasteiger partial charge in [-0.15, -0.1) is 0 Å². The first-order chi connectivity index (χ1) is 28.8. The van der Waals surface area contributed by atoms with Crippen LogP contribution in [0.25, 0.3) is 11.1 Å². The van der Waals surface area contributed by atoms with Gasteiger partial charge in [-0.25, -0.2) is 9.59 Å². The van der Waals surface area contributed by atoms with Crippen molar-refractivity contribution in [2.24, 2.45) is 0 Å². The summed E-state index contributed by atoms with van der Waals surface area (Å²) < 4.78 is 11.9. The Hall–Kier alpha value is -7.38. The molecule has 9 rings (SSSR count). The molecule has 0 aromatic heterocycles. The smallest absolute Gasteiger partial charge is 0.353 e. The van der Waals surface area contributed by atoms with Crippen LogP contribution in [0.15, 0.2) is 218 Å². The van der Waals surface area contributed by atoms with E-state index >= 15 is 0 Å². The van der Waals surface area contributed by atoms with Crippen LogP contribution in [0, 0.1) is 0 Å². The molecule has 0 saturated heterocycles. The molecule has 2 N–H and O–H groups in total. The van der Waals surface area contributed by atoms with Gasteiger partial charge in [0.05, 0.1) is 5.41 Å². The standard InChI is InChI=1S/C53H38O6/c54-49(52(56,39-17-5-1-6-18-39)40-19-7-2-8-20-40)58-43-33-29-37(30-34-43)51(47-27-15-13-25-45(47)46-26-14-16-28-48(46)51)38-31-35-44(36-32-38)59-50(55)53(57,41-21-9-3-10-22-41)42-23-11-4-12-24-42/h1-36,56-57H. The molecule has 6 heteroatoms. The molecule has 0 heterocycles. The van der Waals surface area contributed by atoms with Crippen molar-refractivity contribution in [3.63, 3.8) is 0 Å². The Kier molecular flexibility index (Phi) is 9.57. The second-order valence-corrected chi connectivity index (χ2v) is 14.6. The van der Waals surface area contributed by atoms with E-state index < -0.39 is 28.6 Å². The zero-order valence-corrected chi connectivity index (χ0v) is 31.8. The fraction of sp³-hybridized carbons (Fsp3) is 0.0566. The summed E-state index contributed by atoms with van der Waals surface area (Å²) in [5, 5.41) is 24.1. The number of benzene rings is 8. The van der Waals surface area contributed by atoms with Crippen LogP contribution in [-0.4, -0.2) is 22.2 Å². The van der Waals surface area contributed by atoms with Gasteiger partial charge in [-0.1, -0.05) is 194 Å². The Morgan fingerprint density at radius 3 is 0.932 bits per heavy atom. The lowest BCUT2D eigenvalue weighted by Crippen LogP contribution is -2.40. The summed E-state index contributed by atoms with van der Waals surface area (Å²) in [6, 6.07) is 66.4. The van der Waals surface area contributed by atoms with Crippen molar-refractivity contribution < 1.29 is 29.3 Å². The maximum absolute atomic E-state index is 14.0. The third-order valence-electron chi connectivity index (χ3n) is 11.3. The third-order valence-corrected chi connectivity index (χ3v) is 11.3. The molecule has 0 fully saturated rings. The van der Waals surface area contributed by atoms with Gasteiger partial charge in [-0.05, 0) is 79.9 Å². The van der Waals surface area contributed by atoms with Gasteiger partial charge in [0.15, 0.2) is 0 Å². The van der Waals surface area contributed by atoms with E-state index in [1.54, 1.807) is 121 Å². The lowest BCUT2D eigenvalue weighted by Gasteiger charge is -2.34. The van der Waals surface area contributed by atoms with Crippen LogP contribution in [-0.2, 0) is 26.2 Å². The fourth-order valence-corrected chi connectivity index (χ4v) is 8.45. The van der Waals surface area contributed by atoms with Gasteiger partial charge in [0.1, 0.15) is 11.5 Å². The van der Waals surface area contributed by atoms with Gasteiger partial charge in [-0.2, -0.15) is 0 Å². The molecule has 0 spiro atoms. The normalized spacial score (nSPS) is 12.8. The summed E-state index contributed by atoms with van der Waals surface area (Å²) in [5.41, 5.74) is 2.75. The van der Waals surface area contributed by atoms with E-state index in [-0.39, 0.29) is 11.5 Å². The average Bonchev–Trinajstić information content (AvgIpc) is 3.61. The minimum Gasteiger partial charge on any atom is -0.424 e. The predicted molar refractivity (Wildman–Crippen MR) is 227 cm³/mol. The number of rotatable bonds is 10. The van der Waals surface area contributed by atoms with Gasteiger partial charge in [0.2, 0.25) is 11.2 Å². The Labute approximate surface area is 342 Å². The van der Waals surface area contributed by atoms with E-state index in [0.717, 1.165) is 33.4 Å². The molecule has 8 aromatic carbocycles. The van der Waals surface area contributed by atoms with E-state index in [1.165, 1.54) is 0 Å². The van der Waals surface area contributed by atoms with Crippen LogP contribution in [0.5, 0.6) is 11.5 Å². The minimum atomic E-state index is -2.05. The molecular weight excluding hydrogens is 733 g/mol. The Morgan fingerprint density at radius 2 is 0.627 bits per heavy atom. The molecule has 0 radical (unpaired) electrons. The molecule has 0 unspecified atom stereocenters. The van der Waals surface area contributed by atoms with E-state index in [0.29, 0.717) is 22.3 Å². The number of hydrogen-bond acceptors (Lipinski definition) is 6. The highest BCUT2D eigenvalue weighted by Gasteiger charge is 2.47. The van der Waals surface area contributed by atoms with Gasteiger partial charge in [0.25, 0.3) is 0 Å². The van der Waals surface area contributed by atoms with E-state index in [9.17, 15) is 19.8 Å². The van der Waals surface area contributed by atoms with Crippen molar-refractivity contribution in [1.29, 1.82) is 0 Å². The van der Waals surface area contributed by atoms with Crippen molar-refractivity contribution in [2.75, 3.05) is 0 Å². The zero-order valence-electron chi connectivity index (χ0n) is 31.8. The van der Waals surface area contributed by atoms with Gasteiger partial charge < -0.3 is 19.7 Å². The van der Waals surface area contributed by atoms with Crippen molar-refractivity contribution in [2.45, 2.75) is 16.6 Å². The maximum atomic E-state index is 14.0. The number of esters is 2. The second kappa shape index (κ2) is 15.2. The molecule has 1 aliphatic carbocycles. The molecule has 0 saturated carbocycles. The van der Waals surface area contributed by atoms with E-state index in [2.05, 4.69) is 24.3 Å². The summed E-state index contributed by atoms with van der Waals surface area (Å²) in [5.74, 6) is -1.12. The predicted octanol–water partition coefficient (Wildman–Crippen LogP) is 9.73. The monoisotopic (exact) mass is 770 g/mol. The van der Waals surface area contributed by atoms with Crippen LogP contribution in [0.4, 0.5) is 0 Å². The number of carbonyl (C=O) groups is 2. The molecule has 8 aromatic rings. The van der Waals surface area contributed by atoms with Crippen molar-refractivity contribution in [3.05, 3.63) is 263 Å². The number of hydrogen-bond donors (Lipinski definition) is 2. The molecule has 0 aliphatic heterocycles. The first-order valence-corrected chi connectivity index (χ1v) is 19.4. The quantitative estimate of drug-likeness (QED) is 0.106. The molecule has 0 bridgehead atoms. The second-order valence-electron chi connectivity index (χ2n) is 14.6. The topological polar surface area (TPSA) is 93.1 Å². The molecular formula is C53H38O6. The summed E-state index contributed by atoms with van der Waals surface area (Å²) in [6.45, 7) is 0. The summed E-state index contributed by atoms with van der Waals surface area (Å²) >= 11 is 0. The van der Waals surface area contributed by atoms with Crippen LogP contribution in [0.3, 0.4) is 0 Å². The third kappa shape index (κ3) is 6.23. The molecule has 59 heavy (non-hydrogen) atoms. The highest BCUT2D eigenvalue weighted by Crippen LogP contribution is 2.56.